The highest BCUT2D eigenvalue weighted by Gasteiger charge is 2.52. The molecule has 0 aromatic rings. The maximum Gasteiger partial charge on any atom is 0.0589 e. The summed E-state index contributed by atoms with van der Waals surface area (Å²) in [4.78, 5) is 47.9. The fourth-order valence-electron chi connectivity index (χ4n) is 20.7. The number of hydrogen-bond acceptors (Lipinski definition) is 22. The van der Waals surface area contributed by atoms with Crippen LogP contribution in [0.3, 0.4) is 0 Å². The molecular weight excluding hydrogens is 1320 g/mol. The Morgan fingerprint density at radius 1 is 0.302 bits per heavy atom. The van der Waals surface area contributed by atoms with Gasteiger partial charge in [-0.1, -0.05) is 19.8 Å². The molecule has 0 amide bonds. The Hall–Kier alpha value is -0.880. The van der Waals surface area contributed by atoms with E-state index in [9.17, 15) is 0 Å². The van der Waals surface area contributed by atoms with E-state index in [4.69, 9.17) is 14.2 Å². The van der Waals surface area contributed by atoms with E-state index in [1.807, 2.05) is 0 Å². The number of ether oxygens (including phenoxy) is 3. The lowest BCUT2D eigenvalue weighted by Gasteiger charge is -2.61. The average Bonchev–Trinajstić information content (AvgIpc) is 1.16. The topological polar surface area (TPSA) is 89.3 Å². The van der Waals surface area contributed by atoms with Crippen molar-refractivity contribution < 1.29 is 14.2 Å². The van der Waals surface area contributed by atoms with Crippen LogP contribution >= 0.6 is 0 Å². The van der Waals surface area contributed by atoms with Crippen molar-refractivity contribution >= 4 is 0 Å². The van der Waals surface area contributed by atoms with Gasteiger partial charge >= 0.3 is 0 Å². The third-order valence-electron chi connectivity index (χ3n) is 27.9. The first-order valence-corrected chi connectivity index (χ1v) is 43.9. The summed E-state index contributed by atoms with van der Waals surface area (Å²) in [5.74, 6) is 1.93. The number of fused-ring (bicyclic) bond motifs is 6. The van der Waals surface area contributed by atoms with Crippen LogP contribution in [-0.4, -0.2) is 509 Å². The van der Waals surface area contributed by atoms with Crippen LogP contribution in [-0.2, 0) is 14.2 Å². The van der Waals surface area contributed by atoms with E-state index in [2.05, 4.69) is 198 Å². The number of unbranched alkanes of at least 4 members (excludes halogenated alkanes) is 2. The lowest BCUT2D eigenvalue weighted by molar-refractivity contribution is -0.104. The average molecular weight is 1500 g/mol. The highest BCUT2D eigenvalue weighted by atomic mass is 16.5. The zero-order chi connectivity index (χ0) is 76.1. The minimum atomic E-state index is 0.656. The van der Waals surface area contributed by atoms with Gasteiger partial charge in [0, 0.05) is 279 Å². The molecule has 6 bridgehead atoms. The summed E-state index contributed by atoms with van der Waals surface area (Å²) in [6.45, 7) is 54.9. The second kappa shape index (κ2) is 47.8. The first kappa shape index (κ1) is 90.7. The van der Waals surface area contributed by atoms with Crippen molar-refractivity contribution in [3.05, 3.63) is 0 Å². The summed E-state index contributed by atoms with van der Waals surface area (Å²) in [7, 11) is 32.2. The molecule has 14 heterocycles. The van der Waals surface area contributed by atoms with Crippen LogP contribution in [0.5, 0.6) is 0 Å². The summed E-state index contributed by atoms with van der Waals surface area (Å²) in [6.07, 6.45) is 21.2. The van der Waals surface area contributed by atoms with Crippen molar-refractivity contribution in [1.82, 2.24) is 93.1 Å². The Kier molecular flexibility index (Phi) is 40.9. The number of likely N-dealkylation sites (tertiary alicyclic amines) is 6. The molecule has 1 saturated carbocycles. The zero-order valence-electron chi connectivity index (χ0n) is 72.8. The quantitative estimate of drug-likeness (QED) is 0.166. The van der Waals surface area contributed by atoms with Crippen LogP contribution in [0.1, 0.15) is 117 Å². The zero-order valence-corrected chi connectivity index (χ0v) is 72.8. The Morgan fingerprint density at radius 3 is 1.14 bits per heavy atom. The standard InChI is InChI=1S/C12H23N3.2C12H25N3.C12H24N2.C10H20N2O.C10H22N2O.C8H18N2O.C8H16N2/c1-13-3-5-15(6-4-13)11-7-12(8-11)9-14(2)10-12;1-13-7-9-15(10-8-13)6-4-12-3-5-14(2)11-12;1-13-5-3-12(4-6-13)11-15-9-7-14(2)8-10-15;1-3-4-5-8-14-9-11-6-7-12(10-14)13(11)2;1-11-7-9-3-4-10(8-11)12(9)5-6-13-2;1-9-7-11(3)8-10(2)12(9)5-6-13-4;1-9-3-5-10(6-4-9)7-8-11-2;1-9-5-7-3-4-8(6-9)10(7)2/h11H,3-10H2,1-2H3;2*12H,3-11H2,1-2H3;11-12H,3-10H2,1-2H3;9-10H,3-8H2,1-2H3;9-10H,5-8H2,1-4H3;3-8H2,1-2H3;7-8H,3-6H2,1-2H3/t;;;;;9-,10+;;. The molecule has 15 rings (SSSR count). The molecule has 1 spiro atoms. The maximum absolute atomic E-state index is 5.14. The van der Waals surface area contributed by atoms with E-state index in [0.717, 1.165) is 99.0 Å². The number of likely N-dealkylation sites (N-methyl/N-ethyl adjacent to an activating group) is 9. The summed E-state index contributed by atoms with van der Waals surface area (Å²) in [5.41, 5.74) is 0.753. The van der Waals surface area contributed by atoms with Crippen molar-refractivity contribution in [2.45, 2.75) is 171 Å². The number of nitrogens with zero attached hydrogens (tertiary/aromatic N) is 19. The van der Waals surface area contributed by atoms with Gasteiger partial charge in [-0.25, -0.2) is 0 Å². The van der Waals surface area contributed by atoms with Gasteiger partial charge in [-0.2, -0.15) is 0 Å². The highest BCUT2D eigenvalue weighted by molar-refractivity contribution is 5.07. The molecule has 1 aliphatic carbocycles. The van der Waals surface area contributed by atoms with Gasteiger partial charge < -0.3 is 77.9 Å². The molecule has 106 heavy (non-hydrogen) atoms. The fourth-order valence-corrected chi connectivity index (χ4v) is 20.7. The molecule has 7 unspecified atom stereocenters. The van der Waals surface area contributed by atoms with Crippen LogP contribution in [0.15, 0.2) is 0 Å². The van der Waals surface area contributed by atoms with Gasteiger partial charge in [0.25, 0.3) is 0 Å². The lowest BCUT2D eigenvalue weighted by Crippen LogP contribution is -2.66. The highest BCUT2D eigenvalue weighted by Crippen LogP contribution is 2.49. The molecule has 0 N–H and O–H groups in total. The Balaban J connectivity index is 0.000000153. The first-order valence-electron chi connectivity index (χ1n) is 43.9. The molecule has 15 aliphatic rings. The first-order chi connectivity index (χ1) is 51.0. The molecule has 622 valence electrons. The van der Waals surface area contributed by atoms with E-state index < -0.39 is 0 Å². The van der Waals surface area contributed by atoms with E-state index in [1.165, 1.54) is 312 Å². The van der Waals surface area contributed by atoms with Crippen LogP contribution in [0.25, 0.3) is 0 Å². The number of methoxy groups -OCH3 is 3. The van der Waals surface area contributed by atoms with Crippen molar-refractivity contribution in [1.29, 1.82) is 0 Å². The fraction of sp³-hybridized carbons (Fsp3) is 1.00. The number of piperazine rings is 8. The molecular formula is C84H173N19O3. The predicted molar refractivity (Wildman–Crippen MR) is 447 cm³/mol. The van der Waals surface area contributed by atoms with Gasteiger partial charge in [-0.05, 0) is 232 Å². The van der Waals surface area contributed by atoms with Gasteiger partial charge in [0.2, 0.25) is 0 Å². The van der Waals surface area contributed by atoms with Gasteiger partial charge in [-0.15, -0.1) is 0 Å². The number of hydrogen-bond donors (Lipinski definition) is 0. The van der Waals surface area contributed by atoms with Crippen molar-refractivity contribution in [2.75, 3.05) is 361 Å². The van der Waals surface area contributed by atoms with E-state index in [0.29, 0.717) is 12.1 Å². The van der Waals surface area contributed by atoms with Crippen molar-refractivity contribution in [2.24, 2.45) is 17.3 Å². The SMILES string of the molecule is CCCCCN1CC2CCC(C1)N2C.CN1CC2CCC(C1)N2C.CN1CCC(CN2CCN(C)CC2)CC1.CN1CCN(C2CC3(C2)CN(C)C3)CC1.CN1CCN(CCC2CCN(C)C2)CC1.COCCN1C2CCC1CN(C)C2.COCCN1CCN(C)CC1.COCCN1[C@H](C)CN(C)C[C@@H]1C. The molecule has 0 radical (unpaired) electrons. The van der Waals surface area contributed by atoms with E-state index >= 15 is 0 Å². The molecule has 14 saturated heterocycles. The monoisotopic (exact) mass is 1500 g/mol. The second-order valence-corrected chi connectivity index (χ2v) is 37.2. The third kappa shape index (κ3) is 30.7. The van der Waals surface area contributed by atoms with Crippen LogP contribution in [0.2, 0.25) is 0 Å². The van der Waals surface area contributed by atoms with Gasteiger partial charge in [0.1, 0.15) is 0 Å². The molecule has 14 aliphatic heterocycles. The van der Waals surface area contributed by atoms with Gasteiger partial charge in [-0.3, -0.25) is 29.4 Å². The largest absolute Gasteiger partial charge is 0.383 e. The summed E-state index contributed by atoms with van der Waals surface area (Å²) in [5, 5.41) is 0. The third-order valence-corrected chi connectivity index (χ3v) is 27.9. The van der Waals surface area contributed by atoms with Gasteiger partial charge in [0.05, 0.1) is 19.8 Å². The summed E-state index contributed by atoms with van der Waals surface area (Å²) >= 11 is 0. The second-order valence-electron chi connectivity index (χ2n) is 37.2. The normalized spacial score (nSPS) is 32.4. The van der Waals surface area contributed by atoms with Crippen LogP contribution in [0.4, 0.5) is 0 Å². The number of rotatable bonds is 19. The Labute approximate surface area is 654 Å². The molecule has 9 atom stereocenters. The Bertz CT molecular complexity index is 2170. The maximum atomic E-state index is 5.14. The summed E-state index contributed by atoms with van der Waals surface area (Å²) in [6, 6.07) is 7.32. The molecule has 0 aromatic carbocycles. The van der Waals surface area contributed by atoms with Gasteiger partial charge in [0.15, 0.2) is 0 Å². The predicted octanol–water partition coefficient (Wildman–Crippen LogP) is 4.78. The lowest BCUT2D eigenvalue weighted by atomic mass is 9.60. The molecule has 15 fully saturated rings. The number of piperidine rings is 1. The smallest absolute Gasteiger partial charge is 0.0589 e. The van der Waals surface area contributed by atoms with E-state index in [-0.39, 0.29) is 0 Å². The van der Waals surface area contributed by atoms with Crippen molar-refractivity contribution in [3.8, 4) is 0 Å². The molecule has 0 aromatic heterocycles. The Morgan fingerprint density at radius 2 is 0.689 bits per heavy atom. The van der Waals surface area contributed by atoms with Crippen molar-refractivity contribution in [3.63, 3.8) is 0 Å². The molecule has 22 nitrogen and oxygen atoms in total. The van der Waals surface area contributed by atoms with Crippen LogP contribution < -0.4 is 0 Å². The van der Waals surface area contributed by atoms with E-state index in [1.54, 1.807) is 21.3 Å². The summed E-state index contributed by atoms with van der Waals surface area (Å²) < 4.78 is 15.3. The minimum absolute atomic E-state index is 0.656. The van der Waals surface area contributed by atoms with Crippen LogP contribution in [0, 0.1) is 17.3 Å². The molecule has 22 heteroatoms. The minimum Gasteiger partial charge on any atom is -0.383 e.